The summed E-state index contributed by atoms with van der Waals surface area (Å²) in [5.74, 6) is -0.0513. The highest BCUT2D eigenvalue weighted by atomic mass is 19.1. The number of nitrogens with one attached hydrogen (secondary N) is 1. The first-order valence-corrected chi connectivity index (χ1v) is 9.23. The van der Waals surface area contributed by atoms with E-state index >= 15 is 0 Å². The number of urea groups is 1. The largest absolute Gasteiger partial charge is 0.494 e. The summed E-state index contributed by atoms with van der Waals surface area (Å²) in [6.45, 7) is 4.16. The minimum absolute atomic E-state index is 0.0336. The minimum Gasteiger partial charge on any atom is -0.494 e. The number of rotatable bonds is 4. The summed E-state index contributed by atoms with van der Waals surface area (Å²) in [7, 11) is 1.47. The van der Waals surface area contributed by atoms with E-state index in [0.717, 1.165) is 50.4 Å². The van der Waals surface area contributed by atoms with Crippen molar-refractivity contribution in [2.45, 2.75) is 13.0 Å². The van der Waals surface area contributed by atoms with E-state index in [1.165, 1.54) is 13.2 Å². The molecule has 0 unspecified atom stereocenters. The molecule has 1 spiro atoms. The summed E-state index contributed by atoms with van der Waals surface area (Å²) < 4.78 is 18.8. The Morgan fingerprint density at radius 3 is 2.67 bits per heavy atom. The van der Waals surface area contributed by atoms with Gasteiger partial charge in [-0.05, 0) is 36.2 Å². The fourth-order valence-electron chi connectivity index (χ4n) is 4.17. The van der Waals surface area contributed by atoms with Gasteiger partial charge >= 0.3 is 6.03 Å². The lowest BCUT2D eigenvalue weighted by molar-refractivity contribution is 0.00477. The zero-order valence-electron chi connectivity index (χ0n) is 15.5. The van der Waals surface area contributed by atoms with Gasteiger partial charge in [0.25, 0.3) is 0 Å². The van der Waals surface area contributed by atoms with Crippen LogP contribution in [0.5, 0.6) is 5.75 Å². The smallest absolute Gasteiger partial charge is 0.321 e. The van der Waals surface area contributed by atoms with Gasteiger partial charge < -0.3 is 15.0 Å². The summed E-state index contributed by atoms with van der Waals surface area (Å²) in [6.07, 6.45) is 1.02. The SMILES string of the molecule is COc1ccc(CN2CC3(CCN(C(=O)Nc4ccccc4)C3)C2)cc1F. The summed E-state index contributed by atoms with van der Waals surface area (Å²) >= 11 is 0. The van der Waals surface area contributed by atoms with Crippen molar-refractivity contribution in [2.75, 3.05) is 38.6 Å². The minimum atomic E-state index is -0.324. The van der Waals surface area contributed by atoms with Crippen LogP contribution in [0.15, 0.2) is 48.5 Å². The van der Waals surface area contributed by atoms with Crippen molar-refractivity contribution in [3.63, 3.8) is 0 Å². The molecular weight excluding hydrogens is 345 g/mol. The highest BCUT2D eigenvalue weighted by molar-refractivity contribution is 5.89. The second-order valence-corrected chi connectivity index (χ2v) is 7.58. The van der Waals surface area contributed by atoms with Crippen molar-refractivity contribution in [1.82, 2.24) is 9.80 Å². The molecule has 142 valence electrons. The van der Waals surface area contributed by atoms with Crippen LogP contribution in [0.2, 0.25) is 0 Å². The molecule has 2 aromatic carbocycles. The third-order valence-electron chi connectivity index (χ3n) is 5.49. The molecule has 0 atom stereocenters. The van der Waals surface area contributed by atoms with Crippen LogP contribution in [0.25, 0.3) is 0 Å². The van der Waals surface area contributed by atoms with Crippen LogP contribution >= 0.6 is 0 Å². The molecule has 2 aliphatic rings. The molecule has 1 N–H and O–H groups in total. The number of hydrogen-bond donors (Lipinski definition) is 1. The van der Waals surface area contributed by atoms with Crippen LogP contribution in [-0.4, -0.2) is 49.1 Å². The average molecular weight is 369 g/mol. The van der Waals surface area contributed by atoms with E-state index in [0.29, 0.717) is 0 Å². The van der Waals surface area contributed by atoms with Crippen LogP contribution in [0.4, 0.5) is 14.9 Å². The van der Waals surface area contributed by atoms with E-state index in [9.17, 15) is 9.18 Å². The lowest BCUT2D eigenvalue weighted by Crippen LogP contribution is -2.57. The number of likely N-dealkylation sites (tertiary alicyclic amines) is 2. The monoisotopic (exact) mass is 369 g/mol. The first-order chi connectivity index (χ1) is 13.1. The van der Waals surface area contributed by atoms with E-state index < -0.39 is 0 Å². The summed E-state index contributed by atoms with van der Waals surface area (Å²) in [5, 5.41) is 2.96. The zero-order chi connectivity index (χ0) is 18.9. The van der Waals surface area contributed by atoms with Crippen LogP contribution in [-0.2, 0) is 6.54 Å². The molecule has 0 aliphatic carbocycles. The standard InChI is InChI=1S/C21H24FN3O2/c1-27-19-8-7-16(11-18(19)22)12-24-13-21(14-24)9-10-25(15-21)20(26)23-17-5-3-2-4-6-17/h2-8,11H,9-10,12-15H2,1H3,(H,23,26). The number of ether oxygens (including phenoxy) is 1. The molecule has 2 saturated heterocycles. The third kappa shape index (κ3) is 3.76. The van der Waals surface area contributed by atoms with Crippen molar-refractivity contribution in [3.8, 4) is 5.75 Å². The number of amides is 2. The first-order valence-electron chi connectivity index (χ1n) is 9.23. The second kappa shape index (κ2) is 7.19. The molecule has 0 aromatic heterocycles. The van der Waals surface area contributed by atoms with Crippen LogP contribution < -0.4 is 10.1 Å². The molecule has 6 heteroatoms. The summed E-state index contributed by atoms with van der Waals surface area (Å²) in [4.78, 5) is 16.7. The van der Waals surface area contributed by atoms with Gasteiger partial charge in [0.1, 0.15) is 0 Å². The van der Waals surface area contributed by atoms with Gasteiger partial charge in [-0.25, -0.2) is 9.18 Å². The van der Waals surface area contributed by atoms with E-state index in [1.54, 1.807) is 6.07 Å². The van der Waals surface area contributed by atoms with Gasteiger partial charge in [0.05, 0.1) is 7.11 Å². The molecule has 2 aliphatic heterocycles. The molecule has 27 heavy (non-hydrogen) atoms. The number of hydrogen-bond acceptors (Lipinski definition) is 3. The number of methoxy groups -OCH3 is 1. The van der Waals surface area contributed by atoms with Crippen molar-refractivity contribution < 1.29 is 13.9 Å². The molecule has 0 saturated carbocycles. The maximum absolute atomic E-state index is 13.8. The Kier molecular flexibility index (Phi) is 4.74. The maximum atomic E-state index is 13.8. The normalized spacial score (nSPS) is 18.4. The summed E-state index contributed by atoms with van der Waals surface area (Å²) in [5.41, 5.74) is 1.94. The van der Waals surface area contributed by atoms with Gasteiger partial charge in [0.15, 0.2) is 11.6 Å². The fraction of sp³-hybridized carbons (Fsp3) is 0.381. The fourth-order valence-corrected chi connectivity index (χ4v) is 4.17. The second-order valence-electron chi connectivity index (χ2n) is 7.58. The molecule has 2 aromatic rings. The molecular formula is C21H24FN3O2. The Labute approximate surface area is 158 Å². The Morgan fingerprint density at radius 2 is 1.96 bits per heavy atom. The van der Waals surface area contributed by atoms with Gasteiger partial charge in [-0.1, -0.05) is 24.3 Å². The number of halogens is 1. The van der Waals surface area contributed by atoms with E-state index in [2.05, 4.69) is 10.2 Å². The molecule has 0 radical (unpaired) electrons. The highest BCUT2D eigenvalue weighted by Crippen LogP contribution is 2.40. The van der Waals surface area contributed by atoms with Crippen molar-refractivity contribution >= 4 is 11.7 Å². The quantitative estimate of drug-likeness (QED) is 0.896. The Bertz CT molecular complexity index is 821. The van der Waals surface area contributed by atoms with E-state index in [4.69, 9.17) is 4.74 Å². The van der Waals surface area contributed by atoms with Crippen LogP contribution in [0, 0.1) is 11.2 Å². The highest BCUT2D eigenvalue weighted by Gasteiger charge is 2.48. The lowest BCUT2D eigenvalue weighted by atomic mass is 9.79. The van der Waals surface area contributed by atoms with E-state index in [-0.39, 0.29) is 23.0 Å². The predicted octanol–water partition coefficient (Wildman–Crippen LogP) is 3.57. The Balaban J connectivity index is 1.29. The predicted molar refractivity (Wildman–Crippen MR) is 102 cm³/mol. The van der Waals surface area contributed by atoms with Crippen molar-refractivity contribution in [1.29, 1.82) is 0 Å². The average Bonchev–Trinajstić information content (AvgIpc) is 3.08. The van der Waals surface area contributed by atoms with Gasteiger partial charge in [-0.2, -0.15) is 0 Å². The Hall–Kier alpha value is -2.60. The Morgan fingerprint density at radius 1 is 1.19 bits per heavy atom. The molecule has 2 fully saturated rings. The van der Waals surface area contributed by atoms with Gasteiger partial charge in [0.2, 0.25) is 0 Å². The van der Waals surface area contributed by atoms with Crippen LogP contribution in [0.3, 0.4) is 0 Å². The number of carbonyl (C=O) groups is 1. The zero-order valence-corrected chi connectivity index (χ0v) is 15.5. The molecule has 2 amide bonds. The third-order valence-corrected chi connectivity index (χ3v) is 5.49. The number of para-hydroxylation sites is 1. The molecule has 5 nitrogen and oxygen atoms in total. The number of anilines is 1. The molecule has 0 bridgehead atoms. The topological polar surface area (TPSA) is 44.8 Å². The van der Waals surface area contributed by atoms with Crippen LogP contribution in [0.1, 0.15) is 12.0 Å². The molecule has 4 rings (SSSR count). The summed E-state index contributed by atoms with van der Waals surface area (Å²) in [6, 6.07) is 14.6. The van der Waals surface area contributed by atoms with E-state index in [1.807, 2.05) is 41.3 Å². The first kappa shape index (κ1) is 17.8. The number of carbonyl (C=O) groups excluding carboxylic acids is 1. The maximum Gasteiger partial charge on any atom is 0.321 e. The number of nitrogens with zero attached hydrogens (tertiary/aromatic N) is 2. The van der Waals surface area contributed by atoms with Crippen molar-refractivity contribution in [3.05, 3.63) is 59.9 Å². The lowest BCUT2D eigenvalue weighted by Gasteiger charge is -2.48. The van der Waals surface area contributed by atoms with Crippen molar-refractivity contribution in [2.24, 2.45) is 5.41 Å². The van der Waals surface area contributed by atoms with Gasteiger partial charge in [-0.15, -0.1) is 0 Å². The van der Waals surface area contributed by atoms with Gasteiger partial charge in [0, 0.05) is 43.8 Å². The molecule has 2 heterocycles. The van der Waals surface area contributed by atoms with Gasteiger partial charge in [-0.3, -0.25) is 4.90 Å². The number of benzene rings is 2.